The number of esters is 5. The van der Waals surface area contributed by atoms with Crippen molar-refractivity contribution in [1.29, 1.82) is 0 Å². The number of hydrogen-bond acceptors (Lipinski definition) is 14. The van der Waals surface area contributed by atoms with Crippen molar-refractivity contribution in [1.82, 2.24) is 10.6 Å². The van der Waals surface area contributed by atoms with Crippen molar-refractivity contribution in [2.45, 2.75) is 25.7 Å². The van der Waals surface area contributed by atoms with E-state index in [1.807, 2.05) is 0 Å². The molecule has 0 atom stereocenters. The molecule has 0 aliphatic carbocycles. The Labute approximate surface area is 290 Å². The van der Waals surface area contributed by atoms with E-state index in [1.165, 1.54) is 0 Å². The van der Waals surface area contributed by atoms with Gasteiger partial charge in [0, 0.05) is 43.5 Å². The zero-order valence-corrected chi connectivity index (χ0v) is 28.1. The molecule has 50 heavy (non-hydrogen) atoms. The van der Waals surface area contributed by atoms with Crippen LogP contribution in [0, 0.1) is 10.8 Å². The molecule has 0 heterocycles. The Morgan fingerprint density at radius 2 is 0.760 bits per heavy atom. The van der Waals surface area contributed by atoms with E-state index in [2.05, 4.69) is 43.5 Å². The summed E-state index contributed by atoms with van der Waals surface area (Å²) < 4.78 is 37.4. The molecule has 0 radical (unpaired) electrons. The second kappa shape index (κ2) is 25.6. The van der Waals surface area contributed by atoms with E-state index >= 15 is 0 Å². The molecule has 0 saturated carbocycles. The average molecular weight is 710 g/mol. The number of amides is 3. The monoisotopic (exact) mass is 709 g/mol. The minimum atomic E-state index is -1.54. The zero-order valence-electron chi connectivity index (χ0n) is 28.1. The Bertz CT molecular complexity index is 1130. The van der Waals surface area contributed by atoms with E-state index in [0.29, 0.717) is 19.4 Å². The Hall–Kier alpha value is -5.45. The lowest BCUT2D eigenvalue weighted by Gasteiger charge is -2.35. The van der Waals surface area contributed by atoms with Crippen molar-refractivity contribution in [2.24, 2.45) is 16.6 Å². The summed E-state index contributed by atoms with van der Waals surface area (Å²) in [5.41, 5.74) is 1.96. The van der Waals surface area contributed by atoms with Gasteiger partial charge in [0.1, 0.15) is 39.6 Å². The van der Waals surface area contributed by atoms with Crippen LogP contribution in [0.5, 0.6) is 0 Å². The molecule has 0 fully saturated rings. The molecule has 0 rings (SSSR count). The smallest absolute Gasteiger partial charge is 0.407 e. The number of rotatable bonds is 28. The van der Waals surface area contributed by atoms with Gasteiger partial charge in [-0.1, -0.05) is 45.7 Å². The second-order valence-corrected chi connectivity index (χ2v) is 10.8. The lowest BCUT2D eigenvalue weighted by molar-refractivity contribution is -0.166. The van der Waals surface area contributed by atoms with Gasteiger partial charge in [0.15, 0.2) is 0 Å². The first-order valence-corrected chi connectivity index (χ1v) is 15.3. The summed E-state index contributed by atoms with van der Waals surface area (Å²) in [6.45, 7) is 13.4. The van der Waals surface area contributed by atoms with Gasteiger partial charge in [-0.2, -0.15) is 0 Å². The largest absolute Gasteiger partial charge is 0.462 e. The van der Waals surface area contributed by atoms with Gasteiger partial charge in [0.25, 0.3) is 0 Å². The number of urea groups is 1. The van der Waals surface area contributed by atoms with E-state index in [-0.39, 0.29) is 6.54 Å². The molecule has 17 nitrogen and oxygen atoms in total. The quantitative estimate of drug-likeness (QED) is 0.0453. The van der Waals surface area contributed by atoms with Gasteiger partial charge < -0.3 is 49.5 Å². The zero-order chi connectivity index (χ0) is 37.8. The molecule has 0 bridgehead atoms. The maximum absolute atomic E-state index is 12.6. The Kier molecular flexibility index (Phi) is 22.8. The predicted octanol–water partition coefficient (Wildman–Crippen LogP) is 1.58. The SMILES string of the molecule is C=CC(=O)OCC(COCC(COC(=O)C=C)(COC(=O)C=C)COC(=O)NCCCCCCNC(N)=O)(COC(=O)C=C)COC(=O)C=C. The van der Waals surface area contributed by atoms with E-state index in [4.69, 9.17) is 38.9 Å². The van der Waals surface area contributed by atoms with Crippen LogP contribution in [0.1, 0.15) is 25.7 Å². The van der Waals surface area contributed by atoms with E-state index in [0.717, 1.165) is 43.2 Å². The summed E-state index contributed by atoms with van der Waals surface area (Å²) in [4.78, 5) is 83.2. The highest BCUT2D eigenvalue weighted by Gasteiger charge is 2.40. The van der Waals surface area contributed by atoms with Crippen LogP contribution in [-0.2, 0) is 57.1 Å². The highest BCUT2D eigenvalue weighted by molar-refractivity contribution is 5.83. The normalized spacial score (nSPS) is 10.6. The number of carbonyl (C=O) groups is 7. The van der Waals surface area contributed by atoms with Gasteiger partial charge in [-0.05, 0) is 12.8 Å². The van der Waals surface area contributed by atoms with Crippen LogP contribution in [0.25, 0.3) is 0 Å². The summed E-state index contributed by atoms with van der Waals surface area (Å²) >= 11 is 0. The molecular formula is C33H47N3O14. The number of primary amides is 1. The summed E-state index contributed by atoms with van der Waals surface area (Å²) in [6.07, 6.45) is 6.40. The molecule has 0 aliphatic rings. The Morgan fingerprint density at radius 3 is 1.06 bits per heavy atom. The number of hydrogen-bond donors (Lipinski definition) is 3. The minimum absolute atomic E-state index is 0.251. The van der Waals surface area contributed by atoms with Crippen LogP contribution in [0.2, 0.25) is 0 Å². The average Bonchev–Trinajstić information content (AvgIpc) is 3.12. The van der Waals surface area contributed by atoms with Crippen LogP contribution < -0.4 is 16.4 Å². The van der Waals surface area contributed by atoms with Crippen molar-refractivity contribution in [2.75, 3.05) is 65.9 Å². The Morgan fingerprint density at radius 1 is 0.460 bits per heavy atom. The van der Waals surface area contributed by atoms with Crippen molar-refractivity contribution >= 4 is 42.0 Å². The van der Waals surface area contributed by atoms with Gasteiger partial charge in [-0.15, -0.1) is 0 Å². The molecule has 0 aromatic carbocycles. The first-order chi connectivity index (χ1) is 23.8. The molecule has 17 heteroatoms. The number of alkyl carbamates (subject to hydrolysis) is 1. The summed E-state index contributed by atoms with van der Waals surface area (Å²) in [5.74, 6) is -4.24. The van der Waals surface area contributed by atoms with Gasteiger partial charge >= 0.3 is 42.0 Å². The molecule has 0 aliphatic heterocycles. The maximum Gasteiger partial charge on any atom is 0.407 e. The fourth-order valence-corrected chi connectivity index (χ4v) is 3.68. The molecule has 3 amide bonds. The molecule has 0 spiro atoms. The molecule has 278 valence electrons. The number of nitrogens with one attached hydrogen (secondary N) is 2. The topological polar surface area (TPSA) is 234 Å². The van der Waals surface area contributed by atoms with E-state index in [1.54, 1.807) is 0 Å². The maximum atomic E-state index is 12.6. The van der Waals surface area contributed by atoms with Crippen LogP contribution in [0.3, 0.4) is 0 Å². The van der Waals surface area contributed by atoms with Gasteiger partial charge in [0.05, 0.1) is 24.0 Å². The third-order valence-corrected chi connectivity index (χ3v) is 6.43. The van der Waals surface area contributed by atoms with Crippen LogP contribution in [0.15, 0.2) is 63.3 Å². The predicted molar refractivity (Wildman–Crippen MR) is 177 cm³/mol. The first-order valence-electron chi connectivity index (χ1n) is 15.3. The van der Waals surface area contributed by atoms with Crippen molar-refractivity contribution in [3.05, 3.63) is 63.3 Å². The summed E-state index contributed by atoms with van der Waals surface area (Å²) in [7, 11) is 0. The van der Waals surface area contributed by atoms with Crippen LogP contribution >= 0.6 is 0 Å². The van der Waals surface area contributed by atoms with Gasteiger partial charge in [-0.25, -0.2) is 33.6 Å². The van der Waals surface area contributed by atoms with Crippen LogP contribution in [-0.4, -0.2) is 108 Å². The summed E-state index contributed by atoms with van der Waals surface area (Å²) in [6, 6.07) is -0.606. The Balaban J connectivity index is 6.05. The van der Waals surface area contributed by atoms with Crippen molar-refractivity contribution in [3.8, 4) is 0 Å². The molecule has 0 saturated heterocycles. The third kappa shape index (κ3) is 20.7. The molecular weight excluding hydrogens is 662 g/mol. The first kappa shape index (κ1) is 44.5. The number of unbranched alkanes of at least 4 members (excludes halogenated alkanes) is 3. The lowest BCUT2D eigenvalue weighted by atomic mass is 9.90. The molecule has 4 N–H and O–H groups in total. The number of carbonyl (C=O) groups excluding carboxylic acids is 7. The fourth-order valence-electron chi connectivity index (χ4n) is 3.68. The second-order valence-electron chi connectivity index (χ2n) is 10.8. The molecule has 0 aromatic rings. The van der Waals surface area contributed by atoms with Crippen molar-refractivity contribution < 1.29 is 66.7 Å². The van der Waals surface area contributed by atoms with Crippen LogP contribution in [0.4, 0.5) is 9.59 Å². The highest BCUT2D eigenvalue weighted by atomic mass is 16.6. The van der Waals surface area contributed by atoms with E-state index in [9.17, 15) is 33.6 Å². The molecule has 0 unspecified atom stereocenters. The lowest BCUT2D eigenvalue weighted by Crippen LogP contribution is -2.47. The number of ether oxygens (including phenoxy) is 7. The highest BCUT2D eigenvalue weighted by Crippen LogP contribution is 2.26. The minimum Gasteiger partial charge on any atom is -0.462 e. The summed E-state index contributed by atoms with van der Waals surface area (Å²) in [5, 5.41) is 5.07. The van der Waals surface area contributed by atoms with Gasteiger partial charge in [-0.3, -0.25) is 0 Å². The van der Waals surface area contributed by atoms with E-state index < -0.39 is 106 Å². The standard InChI is InChI=1S/C33H47N3O14/c1-6-25(37)45-19-32(20-46-26(38)7-2,21-47-27(39)8-3)17-44-18-33(22-48-28(40)9-4,23-49-29(41)10-5)24-50-31(43)36-16-14-12-11-13-15-35-30(34)42/h6-10H,1-5,11-24H2,(H,36,43)(H3,34,35,42). The number of nitrogens with two attached hydrogens (primary N) is 1. The fraction of sp³-hybridized carbons (Fsp3) is 0.485. The van der Waals surface area contributed by atoms with Gasteiger partial charge in [0.2, 0.25) is 0 Å². The van der Waals surface area contributed by atoms with Crippen molar-refractivity contribution in [3.63, 3.8) is 0 Å². The molecule has 0 aromatic heterocycles. The third-order valence-electron chi connectivity index (χ3n) is 6.43.